The Morgan fingerprint density at radius 2 is 1.64 bits per heavy atom. The second-order valence-corrected chi connectivity index (χ2v) is 4.36. The van der Waals surface area contributed by atoms with Crippen LogP contribution in [0, 0.1) is 0 Å². The van der Waals surface area contributed by atoms with Crippen molar-refractivity contribution in [3.8, 4) is 0 Å². The van der Waals surface area contributed by atoms with Crippen molar-refractivity contribution >= 4 is 23.3 Å². The van der Waals surface area contributed by atoms with Crippen molar-refractivity contribution in [3.63, 3.8) is 0 Å². The smallest absolute Gasteiger partial charge is 0.351 e. The fraction of sp³-hybridized carbons (Fsp3) is 0.111. The summed E-state index contributed by atoms with van der Waals surface area (Å²) >= 11 is 0. The second-order valence-electron chi connectivity index (χ2n) is 4.36. The molecule has 0 spiro atoms. The summed E-state index contributed by atoms with van der Waals surface area (Å²) in [6.07, 6.45) is 0. The first kappa shape index (κ1) is 15.4. The molecular formula is C18H15NO3. The van der Waals surface area contributed by atoms with Gasteiger partial charge in [0.1, 0.15) is 5.94 Å². The third-order valence-electron chi connectivity index (χ3n) is 2.86. The number of hydrogen-bond acceptors (Lipinski definition) is 4. The normalized spacial score (nSPS) is 10.7. The molecule has 0 aliphatic carbocycles. The van der Waals surface area contributed by atoms with Crippen LogP contribution < -0.4 is 0 Å². The summed E-state index contributed by atoms with van der Waals surface area (Å²) in [5, 5.41) is 0. The van der Waals surface area contributed by atoms with Gasteiger partial charge < -0.3 is 4.74 Å². The Bertz CT molecular complexity index is 715. The fourth-order valence-electron chi connectivity index (χ4n) is 1.88. The average Bonchev–Trinajstić information content (AvgIpc) is 2.56. The number of para-hydroxylation sites is 1. The second kappa shape index (κ2) is 7.72. The SMILES string of the molecule is CCOC(=O)C(=C=O)C(=Nc1ccccc1)c1ccccc1. The van der Waals surface area contributed by atoms with Crippen LogP contribution >= 0.6 is 0 Å². The minimum Gasteiger partial charge on any atom is -0.462 e. The highest BCUT2D eigenvalue weighted by atomic mass is 16.5. The van der Waals surface area contributed by atoms with Gasteiger partial charge in [0, 0.05) is 5.56 Å². The van der Waals surface area contributed by atoms with E-state index in [9.17, 15) is 9.59 Å². The Hall–Kier alpha value is -2.97. The number of carbonyl (C=O) groups is 1. The molecule has 0 radical (unpaired) electrons. The summed E-state index contributed by atoms with van der Waals surface area (Å²) < 4.78 is 4.92. The molecule has 2 aromatic rings. The molecule has 4 nitrogen and oxygen atoms in total. The first-order valence-corrected chi connectivity index (χ1v) is 6.88. The summed E-state index contributed by atoms with van der Waals surface area (Å²) in [5.74, 6) is 0.941. The lowest BCUT2D eigenvalue weighted by Gasteiger charge is -2.08. The Labute approximate surface area is 128 Å². The van der Waals surface area contributed by atoms with Crippen LogP contribution in [0.4, 0.5) is 5.69 Å². The molecule has 0 unspecified atom stereocenters. The van der Waals surface area contributed by atoms with Crippen LogP contribution in [0.15, 0.2) is 71.2 Å². The first-order chi connectivity index (χ1) is 10.8. The Morgan fingerprint density at radius 1 is 1.05 bits per heavy atom. The van der Waals surface area contributed by atoms with Gasteiger partial charge in [-0.1, -0.05) is 48.5 Å². The van der Waals surface area contributed by atoms with Crippen LogP contribution in [0.1, 0.15) is 12.5 Å². The van der Waals surface area contributed by atoms with Crippen LogP contribution in [0.3, 0.4) is 0 Å². The number of aliphatic imine (C=N–C) groups is 1. The third kappa shape index (κ3) is 3.78. The summed E-state index contributed by atoms with van der Waals surface area (Å²) in [7, 11) is 0. The minimum absolute atomic E-state index is 0.178. The molecule has 0 amide bonds. The fourth-order valence-corrected chi connectivity index (χ4v) is 1.88. The molecule has 0 aromatic heterocycles. The van der Waals surface area contributed by atoms with Crippen molar-refractivity contribution in [2.24, 2.45) is 4.99 Å². The van der Waals surface area contributed by atoms with Gasteiger partial charge in [0.2, 0.25) is 0 Å². The van der Waals surface area contributed by atoms with E-state index in [2.05, 4.69) is 4.99 Å². The van der Waals surface area contributed by atoms with Crippen molar-refractivity contribution in [1.82, 2.24) is 0 Å². The van der Waals surface area contributed by atoms with Crippen LogP contribution in [0.2, 0.25) is 0 Å². The summed E-state index contributed by atoms with van der Waals surface area (Å²) in [4.78, 5) is 27.7. The van der Waals surface area contributed by atoms with Gasteiger partial charge in [-0.3, -0.25) is 0 Å². The van der Waals surface area contributed by atoms with Gasteiger partial charge in [-0.25, -0.2) is 14.6 Å². The molecule has 0 aliphatic rings. The maximum absolute atomic E-state index is 12.0. The summed E-state index contributed by atoms with van der Waals surface area (Å²) in [6.45, 7) is 1.86. The third-order valence-corrected chi connectivity index (χ3v) is 2.86. The lowest BCUT2D eigenvalue weighted by Crippen LogP contribution is -2.17. The monoisotopic (exact) mass is 293 g/mol. The lowest BCUT2D eigenvalue weighted by molar-refractivity contribution is -0.137. The number of esters is 1. The van der Waals surface area contributed by atoms with Crippen LogP contribution in [0.25, 0.3) is 0 Å². The zero-order valence-electron chi connectivity index (χ0n) is 12.2. The Balaban J connectivity index is 2.54. The van der Waals surface area contributed by atoms with Crippen molar-refractivity contribution < 1.29 is 14.3 Å². The highest BCUT2D eigenvalue weighted by Gasteiger charge is 2.20. The number of ether oxygens (including phenoxy) is 1. The molecule has 0 N–H and O–H groups in total. The molecule has 0 saturated carbocycles. The molecule has 0 aliphatic heterocycles. The molecule has 0 heterocycles. The van der Waals surface area contributed by atoms with E-state index in [4.69, 9.17) is 4.74 Å². The zero-order valence-corrected chi connectivity index (χ0v) is 12.2. The molecule has 0 bridgehead atoms. The van der Waals surface area contributed by atoms with Gasteiger partial charge in [0.15, 0.2) is 5.57 Å². The van der Waals surface area contributed by atoms with E-state index in [0.717, 1.165) is 0 Å². The Morgan fingerprint density at radius 3 is 2.18 bits per heavy atom. The molecule has 0 atom stereocenters. The highest BCUT2D eigenvalue weighted by molar-refractivity contribution is 6.31. The van der Waals surface area contributed by atoms with E-state index >= 15 is 0 Å². The van der Waals surface area contributed by atoms with Crippen molar-refractivity contribution in [2.45, 2.75) is 6.92 Å². The zero-order chi connectivity index (χ0) is 15.8. The quantitative estimate of drug-likeness (QED) is 0.368. The first-order valence-electron chi connectivity index (χ1n) is 6.88. The molecule has 22 heavy (non-hydrogen) atoms. The average molecular weight is 293 g/mol. The van der Waals surface area contributed by atoms with Crippen LogP contribution in [-0.2, 0) is 14.3 Å². The minimum atomic E-state index is -0.726. The van der Waals surface area contributed by atoms with Crippen molar-refractivity contribution in [1.29, 1.82) is 0 Å². The van der Waals surface area contributed by atoms with Crippen molar-refractivity contribution in [3.05, 3.63) is 71.8 Å². The maximum atomic E-state index is 12.0. The van der Waals surface area contributed by atoms with E-state index in [0.29, 0.717) is 11.3 Å². The molecular weight excluding hydrogens is 278 g/mol. The molecule has 4 heteroatoms. The topological polar surface area (TPSA) is 55.7 Å². The van der Waals surface area contributed by atoms with Gasteiger partial charge in [0.25, 0.3) is 0 Å². The molecule has 0 saturated heterocycles. The van der Waals surface area contributed by atoms with Crippen LogP contribution in [-0.4, -0.2) is 24.2 Å². The van der Waals surface area contributed by atoms with E-state index in [1.165, 1.54) is 0 Å². The van der Waals surface area contributed by atoms with E-state index < -0.39 is 5.97 Å². The molecule has 2 aromatic carbocycles. The van der Waals surface area contributed by atoms with Crippen molar-refractivity contribution in [2.75, 3.05) is 6.61 Å². The standard InChI is InChI=1S/C18H15NO3/c1-2-22-18(21)16(13-20)17(14-9-5-3-6-10-14)19-15-11-7-4-8-12-15/h3-12H,2H2,1H3. The maximum Gasteiger partial charge on any atom is 0.351 e. The van der Waals surface area contributed by atoms with Gasteiger partial charge in [-0.2, -0.15) is 0 Å². The van der Waals surface area contributed by atoms with Gasteiger partial charge in [-0.05, 0) is 19.1 Å². The van der Waals surface area contributed by atoms with E-state index in [1.54, 1.807) is 37.1 Å². The number of nitrogens with zero attached hydrogens (tertiary/aromatic N) is 1. The highest BCUT2D eigenvalue weighted by Crippen LogP contribution is 2.17. The Kier molecular flexibility index (Phi) is 5.41. The number of carbonyl (C=O) groups excluding carboxylic acids is 2. The predicted octanol–water partition coefficient (Wildman–Crippen LogP) is 3.13. The van der Waals surface area contributed by atoms with Gasteiger partial charge in [0.05, 0.1) is 18.0 Å². The number of benzene rings is 2. The lowest BCUT2D eigenvalue weighted by atomic mass is 10.0. The van der Waals surface area contributed by atoms with Gasteiger partial charge >= 0.3 is 5.97 Å². The molecule has 2 rings (SSSR count). The van der Waals surface area contributed by atoms with E-state index in [1.807, 2.05) is 36.4 Å². The summed E-state index contributed by atoms with van der Waals surface area (Å²) in [5.41, 5.74) is 1.33. The van der Waals surface area contributed by atoms with E-state index in [-0.39, 0.29) is 17.9 Å². The number of rotatable bonds is 5. The summed E-state index contributed by atoms with van der Waals surface area (Å²) in [6, 6.07) is 18.1. The predicted molar refractivity (Wildman–Crippen MR) is 84.9 cm³/mol. The van der Waals surface area contributed by atoms with Crippen LogP contribution in [0.5, 0.6) is 0 Å². The molecule has 110 valence electrons. The molecule has 0 fully saturated rings. The largest absolute Gasteiger partial charge is 0.462 e. The van der Waals surface area contributed by atoms with Gasteiger partial charge in [-0.15, -0.1) is 0 Å². The number of hydrogen-bond donors (Lipinski definition) is 0.